The molecule has 3 heteroatoms. The third-order valence-electron chi connectivity index (χ3n) is 4.39. The molecule has 1 heterocycles. The van der Waals surface area contributed by atoms with Crippen molar-refractivity contribution < 1.29 is 9.84 Å². The zero-order valence-electron chi connectivity index (χ0n) is 13.2. The van der Waals surface area contributed by atoms with Crippen molar-refractivity contribution in [2.24, 2.45) is 11.8 Å². The number of ether oxygens (including phenoxy) is 1. The quantitative estimate of drug-likeness (QED) is 0.867. The minimum absolute atomic E-state index is 0.130. The number of aliphatic hydroxyl groups is 1. The van der Waals surface area contributed by atoms with Gasteiger partial charge in [0.05, 0.1) is 12.7 Å². The maximum atomic E-state index is 8.85. The summed E-state index contributed by atoms with van der Waals surface area (Å²) in [5.41, 5.74) is 2.10. The molecule has 1 saturated heterocycles. The summed E-state index contributed by atoms with van der Waals surface area (Å²) >= 11 is 0. The lowest BCUT2D eigenvalue weighted by molar-refractivity contribution is 0.132. The molecular weight excluding hydrogens is 262 g/mol. The van der Waals surface area contributed by atoms with Gasteiger partial charge < -0.3 is 9.84 Å². The van der Waals surface area contributed by atoms with Crippen LogP contribution in [0.15, 0.2) is 18.2 Å². The van der Waals surface area contributed by atoms with Crippen LogP contribution < -0.4 is 4.74 Å². The molecule has 0 aromatic heterocycles. The van der Waals surface area contributed by atoms with Gasteiger partial charge in [0.15, 0.2) is 0 Å². The van der Waals surface area contributed by atoms with Crippen LogP contribution in [0.25, 0.3) is 0 Å². The SMILES string of the molecule is COc1ccc(CN2CCC(C)C(C)C2)cc1C#CCO. The van der Waals surface area contributed by atoms with Crippen LogP contribution in [0.5, 0.6) is 5.75 Å². The van der Waals surface area contributed by atoms with Crippen molar-refractivity contribution >= 4 is 0 Å². The summed E-state index contributed by atoms with van der Waals surface area (Å²) in [5, 5.41) is 8.85. The van der Waals surface area contributed by atoms with Crippen LogP contribution in [0.2, 0.25) is 0 Å². The first-order valence-electron chi connectivity index (χ1n) is 7.63. The van der Waals surface area contributed by atoms with E-state index in [-0.39, 0.29) is 6.61 Å². The molecule has 1 fully saturated rings. The van der Waals surface area contributed by atoms with Gasteiger partial charge in [0.25, 0.3) is 0 Å². The monoisotopic (exact) mass is 287 g/mol. The molecule has 0 spiro atoms. The Morgan fingerprint density at radius 2 is 2.14 bits per heavy atom. The highest BCUT2D eigenvalue weighted by Gasteiger charge is 2.22. The van der Waals surface area contributed by atoms with Crippen molar-refractivity contribution in [3.63, 3.8) is 0 Å². The van der Waals surface area contributed by atoms with E-state index in [2.05, 4.69) is 42.7 Å². The summed E-state index contributed by atoms with van der Waals surface area (Å²) < 4.78 is 5.32. The van der Waals surface area contributed by atoms with E-state index >= 15 is 0 Å². The van der Waals surface area contributed by atoms with E-state index in [0.29, 0.717) is 0 Å². The zero-order chi connectivity index (χ0) is 15.2. The average Bonchev–Trinajstić information content (AvgIpc) is 2.49. The van der Waals surface area contributed by atoms with Crippen molar-refractivity contribution in [2.75, 3.05) is 26.8 Å². The molecule has 2 unspecified atom stereocenters. The van der Waals surface area contributed by atoms with Gasteiger partial charge in [-0.15, -0.1) is 0 Å². The second-order valence-electron chi connectivity index (χ2n) is 5.97. The molecule has 1 aromatic carbocycles. The van der Waals surface area contributed by atoms with E-state index in [1.54, 1.807) is 7.11 Å². The molecule has 0 radical (unpaired) electrons. The summed E-state index contributed by atoms with van der Waals surface area (Å²) in [7, 11) is 1.65. The molecule has 3 nitrogen and oxygen atoms in total. The van der Waals surface area contributed by atoms with Gasteiger partial charge in [0.1, 0.15) is 12.4 Å². The fraction of sp³-hybridized carbons (Fsp3) is 0.556. The Kier molecular flexibility index (Phi) is 5.67. The van der Waals surface area contributed by atoms with Crippen LogP contribution in [0.1, 0.15) is 31.4 Å². The van der Waals surface area contributed by atoms with Gasteiger partial charge in [0, 0.05) is 13.1 Å². The van der Waals surface area contributed by atoms with E-state index in [4.69, 9.17) is 9.84 Å². The molecule has 0 saturated carbocycles. The van der Waals surface area contributed by atoms with Crippen molar-refractivity contribution in [2.45, 2.75) is 26.8 Å². The average molecular weight is 287 g/mol. The molecule has 0 amide bonds. The number of hydrogen-bond acceptors (Lipinski definition) is 3. The third kappa shape index (κ3) is 4.23. The highest BCUT2D eigenvalue weighted by atomic mass is 16.5. The third-order valence-corrected chi connectivity index (χ3v) is 4.39. The minimum atomic E-state index is -0.130. The Labute approximate surface area is 127 Å². The molecule has 0 aliphatic carbocycles. The van der Waals surface area contributed by atoms with Crippen LogP contribution >= 0.6 is 0 Å². The summed E-state index contributed by atoms with van der Waals surface area (Å²) in [6.07, 6.45) is 1.27. The number of nitrogens with zero attached hydrogens (tertiary/aromatic N) is 1. The summed E-state index contributed by atoms with van der Waals surface area (Å²) in [6.45, 7) is 7.82. The number of hydrogen-bond donors (Lipinski definition) is 1. The van der Waals surface area contributed by atoms with Gasteiger partial charge in [-0.3, -0.25) is 4.90 Å². The molecule has 1 N–H and O–H groups in total. The van der Waals surface area contributed by atoms with Crippen LogP contribution in [0, 0.1) is 23.7 Å². The second kappa shape index (κ2) is 7.49. The Morgan fingerprint density at radius 1 is 1.33 bits per heavy atom. The largest absolute Gasteiger partial charge is 0.495 e. The fourth-order valence-electron chi connectivity index (χ4n) is 2.84. The lowest BCUT2D eigenvalue weighted by Crippen LogP contribution is -2.37. The van der Waals surface area contributed by atoms with Gasteiger partial charge in [-0.25, -0.2) is 0 Å². The van der Waals surface area contributed by atoms with E-state index in [1.165, 1.54) is 12.0 Å². The van der Waals surface area contributed by atoms with Crippen LogP contribution in [-0.4, -0.2) is 36.8 Å². The predicted octanol–water partition coefficient (Wildman–Crippen LogP) is 2.52. The number of benzene rings is 1. The number of likely N-dealkylation sites (tertiary alicyclic amines) is 1. The van der Waals surface area contributed by atoms with Crippen molar-refractivity contribution in [1.29, 1.82) is 0 Å². The minimum Gasteiger partial charge on any atom is -0.495 e. The Balaban J connectivity index is 2.10. The first-order chi connectivity index (χ1) is 10.1. The first-order valence-corrected chi connectivity index (χ1v) is 7.63. The van der Waals surface area contributed by atoms with Gasteiger partial charge in [0.2, 0.25) is 0 Å². The van der Waals surface area contributed by atoms with Crippen molar-refractivity contribution in [3.05, 3.63) is 29.3 Å². The second-order valence-corrected chi connectivity index (χ2v) is 5.97. The van der Waals surface area contributed by atoms with Gasteiger partial charge in [-0.05, 0) is 42.5 Å². The molecule has 0 bridgehead atoms. The van der Waals surface area contributed by atoms with Crippen LogP contribution in [0.3, 0.4) is 0 Å². The van der Waals surface area contributed by atoms with E-state index in [9.17, 15) is 0 Å². The van der Waals surface area contributed by atoms with Crippen molar-refractivity contribution in [3.8, 4) is 17.6 Å². The van der Waals surface area contributed by atoms with Gasteiger partial charge in [-0.2, -0.15) is 0 Å². The van der Waals surface area contributed by atoms with E-state index < -0.39 is 0 Å². The van der Waals surface area contributed by atoms with Gasteiger partial charge in [-0.1, -0.05) is 31.8 Å². The molecule has 2 atom stereocenters. The smallest absolute Gasteiger partial charge is 0.134 e. The molecule has 1 aromatic rings. The number of methoxy groups -OCH3 is 1. The lowest BCUT2D eigenvalue weighted by atomic mass is 9.88. The first kappa shape index (κ1) is 15.9. The Bertz CT molecular complexity index is 530. The number of aliphatic hydroxyl groups excluding tert-OH is 1. The topological polar surface area (TPSA) is 32.7 Å². The maximum absolute atomic E-state index is 8.85. The normalized spacial score (nSPS) is 22.5. The zero-order valence-corrected chi connectivity index (χ0v) is 13.2. The predicted molar refractivity (Wildman–Crippen MR) is 85.2 cm³/mol. The van der Waals surface area contributed by atoms with Crippen LogP contribution in [-0.2, 0) is 6.54 Å². The highest BCUT2D eigenvalue weighted by molar-refractivity contribution is 5.48. The summed E-state index contributed by atoms with van der Waals surface area (Å²) in [4.78, 5) is 2.51. The van der Waals surface area contributed by atoms with Crippen molar-refractivity contribution in [1.82, 2.24) is 4.90 Å². The maximum Gasteiger partial charge on any atom is 0.134 e. The Morgan fingerprint density at radius 3 is 2.81 bits per heavy atom. The summed E-state index contributed by atoms with van der Waals surface area (Å²) in [6, 6.07) is 6.14. The molecule has 114 valence electrons. The van der Waals surface area contributed by atoms with E-state index in [0.717, 1.165) is 42.8 Å². The Hall–Kier alpha value is -1.50. The molecule has 21 heavy (non-hydrogen) atoms. The molecule has 1 aliphatic heterocycles. The van der Waals surface area contributed by atoms with Gasteiger partial charge >= 0.3 is 0 Å². The highest BCUT2D eigenvalue weighted by Crippen LogP contribution is 2.25. The molecule has 1 aliphatic rings. The molecular formula is C18H25NO2. The standard InChI is InChI=1S/C18H25NO2/c1-14-8-9-19(12-15(14)2)13-16-6-7-18(21-3)17(11-16)5-4-10-20/h6-7,11,14-15,20H,8-10,12-13H2,1-3H3. The number of piperidine rings is 1. The van der Waals surface area contributed by atoms with Crippen LogP contribution in [0.4, 0.5) is 0 Å². The molecule has 2 rings (SSSR count). The van der Waals surface area contributed by atoms with E-state index in [1.807, 2.05) is 6.07 Å². The summed E-state index contributed by atoms with van der Waals surface area (Å²) in [5.74, 6) is 8.00. The fourth-order valence-corrected chi connectivity index (χ4v) is 2.84. The number of rotatable bonds is 3. The lowest BCUT2D eigenvalue weighted by Gasteiger charge is -2.35.